The highest BCUT2D eigenvalue weighted by Gasteiger charge is 2.32. The second-order valence-electron chi connectivity index (χ2n) is 4.27. The van der Waals surface area contributed by atoms with Crippen LogP contribution in [0.15, 0.2) is 0 Å². The van der Waals surface area contributed by atoms with Crippen molar-refractivity contribution in [3.05, 3.63) is 0 Å². The number of rotatable bonds is 5. The van der Waals surface area contributed by atoms with E-state index in [1.165, 1.54) is 0 Å². The average Bonchev–Trinajstić information content (AvgIpc) is 2.70. The zero-order valence-corrected chi connectivity index (χ0v) is 11.1. The van der Waals surface area contributed by atoms with E-state index < -0.39 is 0 Å². The van der Waals surface area contributed by atoms with Crippen LogP contribution in [0.4, 0.5) is 0 Å². The van der Waals surface area contributed by atoms with Crippen LogP contribution in [-0.2, 0) is 9.53 Å². The summed E-state index contributed by atoms with van der Waals surface area (Å²) in [5.74, 6) is 0.966. The molecule has 0 spiro atoms. The smallest absolute Gasteiger partial charge is 0.239 e. The van der Waals surface area contributed by atoms with Gasteiger partial charge in [-0.2, -0.15) is 11.8 Å². The summed E-state index contributed by atoms with van der Waals surface area (Å²) in [7, 11) is 1.83. The largest absolute Gasteiger partial charge is 0.376 e. The maximum absolute atomic E-state index is 12.0. The molecular formula is C11H22N2O2S. The van der Waals surface area contributed by atoms with Gasteiger partial charge < -0.3 is 15.4 Å². The van der Waals surface area contributed by atoms with Crippen molar-refractivity contribution in [2.45, 2.75) is 38.0 Å². The number of carbonyl (C=O) groups excluding carboxylic acids is 1. The number of nitrogens with zero attached hydrogens (tertiary/aromatic N) is 1. The predicted molar refractivity (Wildman–Crippen MR) is 67.6 cm³/mol. The van der Waals surface area contributed by atoms with Gasteiger partial charge in [0, 0.05) is 13.7 Å². The molecule has 0 aromatic rings. The van der Waals surface area contributed by atoms with Gasteiger partial charge in [0.25, 0.3) is 0 Å². The Bertz CT molecular complexity index is 238. The van der Waals surface area contributed by atoms with Gasteiger partial charge in [-0.1, -0.05) is 0 Å². The second kappa shape index (κ2) is 6.47. The topological polar surface area (TPSA) is 55.6 Å². The van der Waals surface area contributed by atoms with Crippen LogP contribution < -0.4 is 5.73 Å². The van der Waals surface area contributed by atoms with Crippen molar-refractivity contribution in [2.24, 2.45) is 5.73 Å². The summed E-state index contributed by atoms with van der Waals surface area (Å²) in [6.07, 6.45) is 3.81. The number of carbonyl (C=O) groups is 1. The van der Waals surface area contributed by atoms with Gasteiger partial charge in [-0.15, -0.1) is 0 Å². The summed E-state index contributed by atoms with van der Waals surface area (Å²) in [5, 5.41) is 0. The monoisotopic (exact) mass is 246 g/mol. The van der Waals surface area contributed by atoms with Gasteiger partial charge in [0.05, 0.1) is 18.2 Å². The molecule has 0 bridgehead atoms. The Morgan fingerprint density at radius 3 is 2.88 bits per heavy atom. The van der Waals surface area contributed by atoms with Gasteiger partial charge in [-0.3, -0.25) is 4.79 Å². The number of ether oxygens (including phenoxy) is 1. The maximum atomic E-state index is 12.0. The third kappa shape index (κ3) is 3.37. The Morgan fingerprint density at radius 2 is 2.38 bits per heavy atom. The van der Waals surface area contributed by atoms with Crippen LogP contribution in [-0.4, -0.2) is 54.7 Å². The summed E-state index contributed by atoms with van der Waals surface area (Å²) in [4.78, 5) is 13.8. The highest BCUT2D eigenvalue weighted by Crippen LogP contribution is 2.19. The fourth-order valence-corrected chi connectivity index (χ4v) is 2.51. The molecule has 1 aliphatic rings. The zero-order valence-electron chi connectivity index (χ0n) is 10.3. The SMILES string of the molecule is CSCC[C@@H](N)C(=O)N(C)C1CCOC1C. The van der Waals surface area contributed by atoms with Crippen LogP contribution in [0.3, 0.4) is 0 Å². The molecule has 1 heterocycles. The quantitative estimate of drug-likeness (QED) is 0.776. The zero-order chi connectivity index (χ0) is 12.1. The van der Waals surface area contributed by atoms with Gasteiger partial charge >= 0.3 is 0 Å². The third-order valence-electron chi connectivity index (χ3n) is 3.13. The lowest BCUT2D eigenvalue weighted by molar-refractivity contribution is -0.134. The lowest BCUT2D eigenvalue weighted by Crippen LogP contribution is -2.48. The van der Waals surface area contributed by atoms with Crippen molar-refractivity contribution in [3.8, 4) is 0 Å². The average molecular weight is 246 g/mol. The van der Waals surface area contributed by atoms with Crippen LogP contribution in [0.2, 0.25) is 0 Å². The first kappa shape index (κ1) is 13.8. The molecule has 0 saturated carbocycles. The van der Waals surface area contributed by atoms with E-state index in [1.807, 2.05) is 20.2 Å². The van der Waals surface area contributed by atoms with Crippen LogP contribution >= 0.6 is 11.8 Å². The summed E-state index contributed by atoms with van der Waals surface area (Å²) >= 11 is 1.72. The van der Waals surface area contributed by atoms with Crippen LogP contribution in [0.25, 0.3) is 0 Å². The molecule has 0 aromatic heterocycles. The summed E-state index contributed by atoms with van der Waals surface area (Å²) in [6, 6.07) is -0.182. The van der Waals surface area contributed by atoms with Crippen molar-refractivity contribution in [2.75, 3.05) is 25.7 Å². The lowest BCUT2D eigenvalue weighted by atomic mass is 10.1. The van der Waals surface area contributed by atoms with Gasteiger partial charge in [0.1, 0.15) is 0 Å². The first-order valence-electron chi connectivity index (χ1n) is 5.70. The van der Waals surface area contributed by atoms with E-state index in [-0.39, 0.29) is 24.1 Å². The Balaban J connectivity index is 2.45. The molecule has 1 fully saturated rings. The van der Waals surface area contributed by atoms with E-state index in [9.17, 15) is 4.79 Å². The van der Waals surface area contributed by atoms with Crippen molar-refractivity contribution in [1.82, 2.24) is 4.90 Å². The first-order chi connectivity index (χ1) is 7.57. The summed E-state index contributed by atoms with van der Waals surface area (Å²) in [5.41, 5.74) is 5.87. The van der Waals surface area contributed by atoms with Gasteiger partial charge in [0.15, 0.2) is 0 Å². The fourth-order valence-electron chi connectivity index (χ4n) is 2.02. The highest BCUT2D eigenvalue weighted by atomic mass is 32.2. The second-order valence-corrected chi connectivity index (χ2v) is 5.25. The molecule has 4 nitrogen and oxygen atoms in total. The molecule has 1 saturated heterocycles. The minimum absolute atomic E-state index is 0.0383. The number of hydrogen-bond donors (Lipinski definition) is 1. The summed E-state index contributed by atoms with van der Waals surface area (Å²) < 4.78 is 5.46. The highest BCUT2D eigenvalue weighted by molar-refractivity contribution is 7.98. The molecule has 16 heavy (non-hydrogen) atoms. The predicted octanol–water partition coefficient (Wildman–Crippen LogP) is 0.703. The Labute approximate surface area is 102 Å². The molecule has 2 N–H and O–H groups in total. The normalized spacial score (nSPS) is 26.8. The Morgan fingerprint density at radius 1 is 1.69 bits per heavy atom. The minimum Gasteiger partial charge on any atom is -0.376 e. The maximum Gasteiger partial charge on any atom is 0.239 e. The van der Waals surface area contributed by atoms with E-state index in [4.69, 9.17) is 10.5 Å². The van der Waals surface area contributed by atoms with Crippen LogP contribution in [0, 0.1) is 0 Å². The van der Waals surface area contributed by atoms with Crippen molar-refractivity contribution < 1.29 is 9.53 Å². The Kier molecular flexibility index (Phi) is 5.58. The van der Waals surface area contributed by atoms with E-state index in [2.05, 4.69) is 0 Å². The van der Waals surface area contributed by atoms with Crippen molar-refractivity contribution in [1.29, 1.82) is 0 Å². The molecule has 0 aromatic carbocycles. The van der Waals surface area contributed by atoms with Gasteiger partial charge in [-0.05, 0) is 31.8 Å². The van der Waals surface area contributed by atoms with Crippen molar-refractivity contribution >= 4 is 17.7 Å². The van der Waals surface area contributed by atoms with Crippen molar-refractivity contribution in [3.63, 3.8) is 0 Å². The molecule has 1 aliphatic heterocycles. The van der Waals surface area contributed by atoms with Crippen LogP contribution in [0.5, 0.6) is 0 Å². The molecule has 0 radical (unpaired) electrons. The standard InChI is InChI=1S/C11H22N2O2S/c1-8-10(4-6-15-8)13(2)11(14)9(12)5-7-16-3/h8-10H,4-7,12H2,1-3H3/t8?,9-,10?/m1/s1. The molecule has 5 heteroatoms. The Hall–Kier alpha value is -0.260. The van der Waals surface area contributed by atoms with Gasteiger partial charge in [-0.25, -0.2) is 0 Å². The summed E-state index contributed by atoms with van der Waals surface area (Å²) in [6.45, 7) is 2.75. The third-order valence-corrected chi connectivity index (χ3v) is 3.78. The number of nitrogens with two attached hydrogens (primary N) is 1. The minimum atomic E-state index is -0.370. The number of thioether (sulfide) groups is 1. The molecule has 0 aliphatic carbocycles. The van der Waals surface area contributed by atoms with Gasteiger partial charge in [0.2, 0.25) is 5.91 Å². The van der Waals surface area contributed by atoms with E-state index in [1.54, 1.807) is 16.7 Å². The lowest BCUT2D eigenvalue weighted by Gasteiger charge is -2.29. The fraction of sp³-hybridized carbons (Fsp3) is 0.909. The molecular weight excluding hydrogens is 224 g/mol. The molecule has 1 rings (SSSR count). The van der Waals surface area contributed by atoms with E-state index in [0.29, 0.717) is 0 Å². The number of hydrogen-bond acceptors (Lipinski definition) is 4. The molecule has 3 atom stereocenters. The van der Waals surface area contributed by atoms with Crippen LogP contribution in [0.1, 0.15) is 19.8 Å². The number of likely N-dealkylation sites (N-methyl/N-ethyl adjacent to an activating group) is 1. The van der Waals surface area contributed by atoms with E-state index >= 15 is 0 Å². The van der Waals surface area contributed by atoms with E-state index in [0.717, 1.165) is 25.2 Å². The first-order valence-corrected chi connectivity index (χ1v) is 7.10. The molecule has 1 amide bonds. The molecule has 2 unspecified atom stereocenters. The molecule has 94 valence electrons. The number of amides is 1.